The van der Waals surface area contributed by atoms with Crippen LogP contribution in [-0.4, -0.2) is 47.4 Å². The first kappa shape index (κ1) is 12.3. The number of morpholine rings is 1. The second-order valence-corrected chi connectivity index (χ2v) is 4.96. The molecule has 1 saturated heterocycles. The molecule has 1 aromatic rings. The third kappa shape index (κ3) is 2.93. The van der Waals surface area contributed by atoms with Crippen LogP contribution in [0.1, 0.15) is 10.7 Å². The predicted octanol–water partition coefficient (Wildman–Crippen LogP) is 1.07. The van der Waals surface area contributed by atoms with Gasteiger partial charge in [0.1, 0.15) is 5.01 Å². The minimum absolute atomic E-state index is 0.0945. The maximum absolute atomic E-state index is 9.23. The van der Waals surface area contributed by atoms with Gasteiger partial charge in [0.25, 0.3) is 0 Å². The molecule has 1 N–H and O–H groups in total. The van der Waals surface area contributed by atoms with Crippen LogP contribution in [0.3, 0.4) is 0 Å². The van der Waals surface area contributed by atoms with Gasteiger partial charge in [-0.1, -0.05) is 0 Å². The molecule has 0 aromatic carbocycles. The number of thiazole rings is 1. The highest BCUT2D eigenvalue weighted by Crippen LogP contribution is 2.16. The minimum atomic E-state index is 0.0945. The van der Waals surface area contributed by atoms with E-state index in [1.165, 1.54) is 0 Å². The molecule has 6 heteroatoms. The van der Waals surface area contributed by atoms with Gasteiger partial charge >= 0.3 is 0 Å². The van der Waals surface area contributed by atoms with Crippen molar-refractivity contribution in [3.05, 3.63) is 16.1 Å². The summed E-state index contributed by atoms with van der Waals surface area (Å²) < 4.78 is 5.33. The first-order valence-corrected chi connectivity index (χ1v) is 6.66. The van der Waals surface area contributed by atoms with E-state index in [0.29, 0.717) is 12.5 Å². The van der Waals surface area contributed by atoms with E-state index in [9.17, 15) is 5.11 Å². The minimum Gasteiger partial charge on any atom is -0.395 e. The van der Waals surface area contributed by atoms with Gasteiger partial charge in [-0.15, -0.1) is 22.9 Å². The number of hydrogen-bond donors (Lipinski definition) is 1. The highest BCUT2D eigenvalue weighted by atomic mass is 35.5. The summed E-state index contributed by atoms with van der Waals surface area (Å²) >= 11 is 7.33. The van der Waals surface area contributed by atoms with Gasteiger partial charge in [-0.25, -0.2) is 4.98 Å². The van der Waals surface area contributed by atoms with Gasteiger partial charge in [-0.2, -0.15) is 0 Å². The van der Waals surface area contributed by atoms with Gasteiger partial charge in [0.15, 0.2) is 0 Å². The van der Waals surface area contributed by atoms with Gasteiger partial charge in [0.2, 0.25) is 0 Å². The zero-order valence-electron chi connectivity index (χ0n) is 8.93. The fourth-order valence-corrected chi connectivity index (χ4v) is 2.77. The highest BCUT2D eigenvalue weighted by Gasteiger charge is 2.23. The fourth-order valence-electron chi connectivity index (χ4n) is 1.72. The lowest BCUT2D eigenvalue weighted by Crippen LogP contribution is -2.46. The summed E-state index contributed by atoms with van der Waals surface area (Å²) in [5.41, 5.74) is 0.926. The van der Waals surface area contributed by atoms with Gasteiger partial charge in [0.05, 0.1) is 44.0 Å². The molecule has 0 radical (unpaired) electrons. The maximum Gasteiger partial charge on any atom is 0.107 e. The molecule has 1 unspecified atom stereocenters. The van der Waals surface area contributed by atoms with E-state index in [1.807, 2.05) is 5.38 Å². The summed E-state index contributed by atoms with van der Waals surface area (Å²) in [4.78, 5) is 6.62. The second-order valence-electron chi connectivity index (χ2n) is 3.75. The van der Waals surface area contributed by atoms with Crippen molar-refractivity contribution >= 4 is 22.9 Å². The molecule has 1 aliphatic rings. The summed E-state index contributed by atoms with van der Waals surface area (Å²) in [6.45, 7) is 3.08. The molecule has 1 atom stereocenters. The van der Waals surface area contributed by atoms with Crippen molar-refractivity contribution in [3.8, 4) is 0 Å². The Balaban J connectivity index is 1.96. The number of ether oxygens (including phenoxy) is 1. The lowest BCUT2D eigenvalue weighted by atomic mass is 10.2. The molecule has 0 saturated carbocycles. The lowest BCUT2D eigenvalue weighted by Gasteiger charge is -2.33. The number of aliphatic hydroxyl groups is 1. The third-order valence-electron chi connectivity index (χ3n) is 2.63. The Bertz CT molecular complexity index is 334. The zero-order chi connectivity index (χ0) is 11.4. The summed E-state index contributed by atoms with van der Waals surface area (Å²) in [7, 11) is 0. The van der Waals surface area contributed by atoms with Crippen LogP contribution in [0, 0.1) is 0 Å². The molecule has 16 heavy (non-hydrogen) atoms. The summed E-state index contributed by atoms with van der Waals surface area (Å²) in [6.07, 6.45) is 0. The number of rotatable bonds is 4. The molecule has 1 fully saturated rings. The molecular weight excluding hydrogens is 248 g/mol. The SMILES string of the molecule is OCC1COCCN1Cc1nc(CCl)cs1. The summed E-state index contributed by atoms with van der Waals surface area (Å²) in [5.74, 6) is 0.461. The van der Waals surface area contributed by atoms with Crippen LogP contribution < -0.4 is 0 Å². The van der Waals surface area contributed by atoms with Crippen molar-refractivity contribution in [1.29, 1.82) is 0 Å². The van der Waals surface area contributed by atoms with Gasteiger partial charge < -0.3 is 9.84 Å². The van der Waals surface area contributed by atoms with Crippen molar-refractivity contribution < 1.29 is 9.84 Å². The number of alkyl halides is 1. The Morgan fingerprint density at radius 3 is 3.25 bits per heavy atom. The number of halogens is 1. The van der Waals surface area contributed by atoms with E-state index in [1.54, 1.807) is 11.3 Å². The molecule has 90 valence electrons. The van der Waals surface area contributed by atoms with Crippen LogP contribution in [0.5, 0.6) is 0 Å². The van der Waals surface area contributed by atoms with Crippen LogP contribution in [-0.2, 0) is 17.2 Å². The van der Waals surface area contributed by atoms with Gasteiger partial charge in [0, 0.05) is 11.9 Å². The standard InChI is InChI=1S/C10H15ClN2O2S/c11-3-8-7-16-10(12-8)4-13-1-2-15-6-9(13)5-14/h7,9,14H,1-6H2. The Kier molecular flexibility index (Phi) is 4.55. The molecule has 0 bridgehead atoms. The average Bonchev–Trinajstić information content (AvgIpc) is 2.77. The molecule has 1 aliphatic heterocycles. The molecule has 0 aliphatic carbocycles. The van der Waals surface area contributed by atoms with Crippen molar-refractivity contribution in [1.82, 2.24) is 9.88 Å². The van der Waals surface area contributed by atoms with E-state index < -0.39 is 0 Å². The topological polar surface area (TPSA) is 45.6 Å². The number of aromatic nitrogens is 1. The Morgan fingerprint density at radius 2 is 2.56 bits per heavy atom. The zero-order valence-corrected chi connectivity index (χ0v) is 10.5. The normalized spacial score (nSPS) is 22.5. The number of hydrogen-bond acceptors (Lipinski definition) is 5. The van der Waals surface area contributed by atoms with Gasteiger partial charge in [-0.05, 0) is 0 Å². The van der Waals surface area contributed by atoms with E-state index in [2.05, 4.69) is 9.88 Å². The molecule has 4 nitrogen and oxygen atoms in total. The van der Waals surface area contributed by atoms with Crippen LogP contribution in [0.15, 0.2) is 5.38 Å². The smallest absolute Gasteiger partial charge is 0.107 e. The fraction of sp³-hybridized carbons (Fsp3) is 0.700. The third-order valence-corrected chi connectivity index (χ3v) is 3.79. The van der Waals surface area contributed by atoms with E-state index in [0.717, 1.165) is 30.4 Å². The number of aliphatic hydroxyl groups excluding tert-OH is 1. The van der Waals surface area contributed by atoms with E-state index in [-0.39, 0.29) is 12.6 Å². The van der Waals surface area contributed by atoms with E-state index in [4.69, 9.17) is 16.3 Å². The number of nitrogens with zero attached hydrogens (tertiary/aromatic N) is 2. The van der Waals surface area contributed by atoms with Crippen LogP contribution >= 0.6 is 22.9 Å². The van der Waals surface area contributed by atoms with Crippen molar-refractivity contribution in [3.63, 3.8) is 0 Å². The monoisotopic (exact) mass is 262 g/mol. The van der Waals surface area contributed by atoms with Crippen molar-refractivity contribution in [2.75, 3.05) is 26.4 Å². The molecule has 0 spiro atoms. The summed E-state index contributed by atoms with van der Waals surface area (Å²) in [5, 5.41) is 12.3. The summed E-state index contributed by atoms with van der Waals surface area (Å²) in [6, 6.07) is 0.0945. The van der Waals surface area contributed by atoms with E-state index >= 15 is 0 Å². The first-order chi connectivity index (χ1) is 7.83. The Morgan fingerprint density at radius 1 is 1.69 bits per heavy atom. The second kappa shape index (κ2) is 5.93. The Hall–Kier alpha value is -0.200. The Labute approximate surface area is 104 Å². The largest absolute Gasteiger partial charge is 0.395 e. The highest BCUT2D eigenvalue weighted by molar-refractivity contribution is 7.09. The molecule has 0 amide bonds. The van der Waals surface area contributed by atoms with Crippen LogP contribution in [0.25, 0.3) is 0 Å². The lowest BCUT2D eigenvalue weighted by molar-refractivity contribution is -0.0312. The predicted molar refractivity (Wildman–Crippen MR) is 63.8 cm³/mol. The average molecular weight is 263 g/mol. The first-order valence-electron chi connectivity index (χ1n) is 5.25. The quantitative estimate of drug-likeness (QED) is 0.825. The maximum atomic E-state index is 9.23. The molecule has 2 rings (SSSR count). The van der Waals surface area contributed by atoms with Crippen molar-refractivity contribution in [2.24, 2.45) is 0 Å². The molecular formula is C10H15ClN2O2S. The molecule has 1 aromatic heterocycles. The van der Waals surface area contributed by atoms with Gasteiger partial charge in [-0.3, -0.25) is 4.90 Å². The molecule has 2 heterocycles. The van der Waals surface area contributed by atoms with Crippen LogP contribution in [0.2, 0.25) is 0 Å². The van der Waals surface area contributed by atoms with Crippen LogP contribution in [0.4, 0.5) is 0 Å². The van der Waals surface area contributed by atoms with Crippen molar-refractivity contribution in [2.45, 2.75) is 18.5 Å².